The summed E-state index contributed by atoms with van der Waals surface area (Å²) in [5, 5.41) is 0. The van der Waals surface area contributed by atoms with Crippen LogP contribution in [0.25, 0.3) is 0 Å². The molecular formula is C8H9ClO2S. The Hall–Kier alpha value is -0.540. The molecule has 2 nitrogen and oxygen atoms in total. The van der Waals surface area contributed by atoms with Crippen molar-refractivity contribution in [2.45, 2.75) is 13.3 Å². The molecule has 0 aliphatic heterocycles. The third-order valence-electron chi connectivity index (χ3n) is 1.49. The van der Waals surface area contributed by atoms with E-state index in [-0.39, 0.29) is 0 Å². The van der Waals surface area contributed by atoms with Gasteiger partial charge in [0.25, 0.3) is 0 Å². The van der Waals surface area contributed by atoms with Gasteiger partial charge in [0.2, 0.25) is 0 Å². The molecule has 0 bridgehead atoms. The standard InChI is InChI=1S/C8H9ClO2S/c1-2-7-3-5-8(6-4-7)11-12(9)10/h3-6H,2H2,1H3. The van der Waals surface area contributed by atoms with Crippen molar-refractivity contribution in [1.29, 1.82) is 0 Å². The zero-order valence-corrected chi connectivity index (χ0v) is 8.19. The van der Waals surface area contributed by atoms with Gasteiger partial charge in [-0.25, -0.2) is 0 Å². The average Bonchev–Trinajstić information content (AvgIpc) is 2.05. The average molecular weight is 205 g/mol. The number of halogens is 1. The van der Waals surface area contributed by atoms with Gasteiger partial charge in [0.05, 0.1) is 0 Å². The van der Waals surface area contributed by atoms with Gasteiger partial charge >= 0.3 is 10.3 Å². The summed E-state index contributed by atoms with van der Waals surface area (Å²) >= 11 is 0. The molecule has 0 radical (unpaired) electrons. The van der Waals surface area contributed by atoms with E-state index < -0.39 is 10.3 Å². The van der Waals surface area contributed by atoms with Crippen molar-refractivity contribution in [2.24, 2.45) is 0 Å². The molecule has 0 N–H and O–H groups in total. The maximum absolute atomic E-state index is 10.4. The van der Waals surface area contributed by atoms with Crippen molar-refractivity contribution in [1.82, 2.24) is 0 Å². The molecule has 4 heteroatoms. The molecule has 0 heterocycles. The van der Waals surface area contributed by atoms with E-state index in [1.807, 2.05) is 12.1 Å². The molecular weight excluding hydrogens is 196 g/mol. The van der Waals surface area contributed by atoms with Crippen LogP contribution in [0.5, 0.6) is 5.75 Å². The van der Waals surface area contributed by atoms with E-state index in [9.17, 15) is 4.21 Å². The van der Waals surface area contributed by atoms with Crippen LogP contribution >= 0.6 is 10.7 Å². The smallest absolute Gasteiger partial charge is 0.308 e. The van der Waals surface area contributed by atoms with Gasteiger partial charge < -0.3 is 4.18 Å². The Morgan fingerprint density at radius 2 is 2.00 bits per heavy atom. The highest BCUT2D eigenvalue weighted by Crippen LogP contribution is 2.14. The largest absolute Gasteiger partial charge is 0.389 e. The second-order valence-electron chi connectivity index (χ2n) is 2.27. The van der Waals surface area contributed by atoms with E-state index in [1.165, 1.54) is 5.56 Å². The van der Waals surface area contributed by atoms with Crippen LogP contribution in [-0.2, 0) is 16.7 Å². The predicted molar refractivity (Wildman–Crippen MR) is 50.4 cm³/mol. The highest BCUT2D eigenvalue weighted by Gasteiger charge is 1.97. The van der Waals surface area contributed by atoms with Gasteiger partial charge in [-0.1, -0.05) is 19.1 Å². The summed E-state index contributed by atoms with van der Waals surface area (Å²) in [6, 6.07) is 7.33. The highest BCUT2D eigenvalue weighted by atomic mass is 35.7. The lowest BCUT2D eigenvalue weighted by Crippen LogP contribution is -1.91. The van der Waals surface area contributed by atoms with E-state index in [0.717, 1.165) is 6.42 Å². The van der Waals surface area contributed by atoms with Crippen LogP contribution in [0.3, 0.4) is 0 Å². The summed E-state index contributed by atoms with van der Waals surface area (Å²) in [7, 11) is 3.38. The fourth-order valence-electron chi connectivity index (χ4n) is 0.856. The Labute approximate surface area is 78.7 Å². The quantitative estimate of drug-likeness (QED) is 0.707. The molecule has 0 saturated carbocycles. The normalized spacial score (nSPS) is 12.5. The van der Waals surface area contributed by atoms with E-state index in [0.29, 0.717) is 5.75 Å². The first kappa shape index (κ1) is 9.55. The minimum absolute atomic E-state index is 0.528. The van der Waals surface area contributed by atoms with E-state index in [1.54, 1.807) is 12.1 Å². The Kier molecular flexibility index (Phi) is 3.56. The lowest BCUT2D eigenvalue weighted by atomic mass is 10.2. The predicted octanol–water partition coefficient (Wildman–Crippen LogP) is 2.45. The number of aryl methyl sites for hydroxylation is 1. The molecule has 0 aliphatic rings. The number of rotatable bonds is 3. The molecule has 0 aliphatic carbocycles. The minimum atomic E-state index is -1.75. The topological polar surface area (TPSA) is 26.3 Å². The van der Waals surface area contributed by atoms with Crippen LogP contribution in [0.4, 0.5) is 0 Å². The van der Waals surface area contributed by atoms with Crippen LogP contribution < -0.4 is 4.18 Å². The van der Waals surface area contributed by atoms with Crippen molar-refractivity contribution in [3.8, 4) is 5.75 Å². The first-order chi connectivity index (χ1) is 5.72. The second-order valence-corrected chi connectivity index (χ2v) is 3.59. The Morgan fingerprint density at radius 1 is 1.42 bits per heavy atom. The summed E-state index contributed by atoms with van der Waals surface area (Å²) < 4.78 is 15.2. The van der Waals surface area contributed by atoms with Gasteiger partial charge in [-0.3, -0.25) is 0 Å². The zero-order chi connectivity index (χ0) is 8.97. The molecule has 1 aromatic carbocycles. The van der Waals surface area contributed by atoms with Crippen LogP contribution in [0, 0.1) is 0 Å². The fourth-order valence-corrected chi connectivity index (χ4v) is 1.34. The summed E-state index contributed by atoms with van der Waals surface area (Å²) in [5.41, 5.74) is 1.21. The maximum atomic E-state index is 10.4. The van der Waals surface area contributed by atoms with Gasteiger partial charge in [0.15, 0.2) is 0 Å². The molecule has 12 heavy (non-hydrogen) atoms. The monoisotopic (exact) mass is 204 g/mol. The number of benzene rings is 1. The van der Waals surface area contributed by atoms with Crippen molar-refractivity contribution in [3.63, 3.8) is 0 Å². The zero-order valence-electron chi connectivity index (χ0n) is 6.62. The molecule has 1 aromatic rings. The van der Waals surface area contributed by atoms with Crippen LogP contribution in [0.1, 0.15) is 12.5 Å². The third kappa shape index (κ3) is 2.83. The summed E-state index contributed by atoms with van der Waals surface area (Å²) in [6.07, 6.45) is 0.976. The Morgan fingerprint density at radius 3 is 2.42 bits per heavy atom. The lowest BCUT2D eigenvalue weighted by Gasteiger charge is -2.00. The van der Waals surface area contributed by atoms with Gasteiger partial charge in [-0.05, 0) is 24.1 Å². The first-order valence-corrected chi connectivity index (χ1v) is 5.47. The highest BCUT2D eigenvalue weighted by molar-refractivity contribution is 8.04. The number of hydrogen-bond donors (Lipinski definition) is 0. The van der Waals surface area contributed by atoms with Crippen LogP contribution in [0.2, 0.25) is 0 Å². The molecule has 66 valence electrons. The van der Waals surface area contributed by atoms with E-state index in [4.69, 9.17) is 14.9 Å². The van der Waals surface area contributed by atoms with E-state index in [2.05, 4.69) is 6.92 Å². The van der Waals surface area contributed by atoms with Crippen molar-refractivity contribution < 1.29 is 8.39 Å². The minimum Gasteiger partial charge on any atom is -0.389 e. The number of hydrogen-bond acceptors (Lipinski definition) is 2. The van der Waals surface area contributed by atoms with E-state index >= 15 is 0 Å². The molecule has 0 saturated heterocycles. The van der Waals surface area contributed by atoms with Crippen molar-refractivity contribution in [2.75, 3.05) is 0 Å². The molecule has 0 fully saturated rings. The first-order valence-electron chi connectivity index (χ1n) is 3.57. The molecule has 0 spiro atoms. The van der Waals surface area contributed by atoms with Crippen LogP contribution in [0.15, 0.2) is 24.3 Å². The molecule has 1 atom stereocenters. The molecule has 0 amide bonds. The third-order valence-corrected chi connectivity index (χ3v) is 2.01. The summed E-state index contributed by atoms with van der Waals surface area (Å²) in [6.45, 7) is 2.07. The summed E-state index contributed by atoms with van der Waals surface area (Å²) in [4.78, 5) is 0. The van der Waals surface area contributed by atoms with Crippen molar-refractivity contribution >= 4 is 21.0 Å². The Balaban J connectivity index is 2.71. The molecule has 1 unspecified atom stereocenters. The summed E-state index contributed by atoms with van der Waals surface area (Å²) in [5.74, 6) is 0.528. The molecule has 0 aromatic heterocycles. The van der Waals surface area contributed by atoms with Gasteiger partial charge in [0, 0.05) is 10.7 Å². The lowest BCUT2D eigenvalue weighted by molar-refractivity contribution is 0.576. The Bertz CT molecular complexity index is 271. The van der Waals surface area contributed by atoms with Gasteiger partial charge in [-0.15, -0.1) is 0 Å². The molecule has 1 rings (SSSR count). The second kappa shape index (κ2) is 4.48. The SMILES string of the molecule is CCc1ccc(OS(=O)Cl)cc1. The maximum Gasteiger partial charge on any atom is 0.308 e. The van der Waals surface area contributed by atoms with Gasteiger partial charge in [-0.2, -0.15) is 4.21 Å². The van der Waals surface area contributed by atoms with Crippen molar-refractivity contribution in [3.05, 3.63) is 29.8 Å². The van der Waals surface area contributed by atoms with Crippen LogP contribution in [-0.4, -0.2) is 4.21 Å². The fraction of sp³-hybridized carbons (Fsp3) is 0.250. The van der Waals surface area contributed by atoms with Gasteiger partial charge in [0.1, 0.15) is 5.75 Å².